The maximum Gasteiger partial charge on any atom is 0.329 e. The Morgan fingerprint density at radius 3 is 2.71 bits per heavy atom. The van der Waals surface area contributed by atoms with Gasteiger partial charge in [-0.2, -0.15) is 0 Å². The lowest BCUT2D eigenvalue weighted by Crippen LogP contribution is -2.58. The smallest absolute Gasteiger partial charge is 0.329 e. The first-order chi connectivity index (χ1) is 9.86. The zero-order valence-corrected chi connectivity index (χ0v) is 12.9. The van der Waals surface area contributed by atoms with Crippen LogP contribution in [0.5, 0.6) is 0 Å². The van der Waals surface area contributed by atoms with E-state index >= 15 is 0 Å². The van der Waals surface area contributed by atoms with E-state index in [9.17, 15) is 14.7 Å². The zero-order chi connectivity index (χ0) is 15.6. The molecule has 1 aliphatic rings. The second kappa shape index (κ2) is 5.93. The van der Waals surface area contributed by atoms with Crippen molar-refractivity contribution in [2.24, 2.45) is 0 Å². The van der Waals surface area contributed by atoms with Crippen LogP contribution in [-0.2, 0) is 4.79 Å². The van der Waals surface area contributed by atoms with Gasteiger partial charge in [0.05, 0.1) is 10.7 Å². The van der Waals surface area contributed by atoms with E-state index in [0.29, 0.717) is 23.7 Å². The molecule has 1 aromatic rings. The molecule has 1 heterocycles. The molecule has 0 radical (unpaired) electrons. The highest BCUT2D eigenvalue weighted by Gasteiger charge is 2.44. The Morgan fingerprint density at radius 2 is 2.10 bits per heavy atom. The molecule has 6 heteroatoms. The molecule has 1 fully saturated rings. The molecular formula is C15H19ClN2O3. The van der Waals surface area contributed by atoms with Gasteiger partial charge in [-0.05, 0) is 44.7 Å². The van der Waals surface area contributed by atoms with E-state index in [0.717, 1.165) is 18.4 Å². The molecule has 2 N–H and O–H groups in total. The summed E-state index contributed by atoms with van der Waals surface area (Å²) in [4.78, 5) is 25.4. The van der Waals surface area contributed by atoms with Crippen molar-refractivity contribution in [2.75, 3.05) is 11.9 Å². The number of likely N-dealkylation sites (tertiary alicyclic amines) is 1. The quantitative estimate of drug-likeness (QED) is 0.878. The van der Waals surface area contributed by atoms with Crippen LogP contribution in [0.4, 0.5) is 10.5 Å². The first kappa shape index (κ1) is 15.6. The van der Waals surface area contributed by atoms with E-state index in [1.807, 2.05) is 13.0 Å². The highest BCUT2D eigenvalue weighted by Crippen LogP contribution is 2.31. The number of urea groups is 1. The number of anilines is 1. The Morgan fingerprint density at radius 1 is 1.38 bits per heavy atom. The minimum Gasteiger partial charge on any atom is -0.480 e. The second-order valence-electron chi connectivity index (χ2n) is 5.55. The van der Waals surface area contributed by atoms with E-state index in [1.54, 1.807) is 19.1 Å². The Kier molecular flexibility index (Phi) is 4.42. The maximum absolute atomic E-state index is 12.5. The van der Waals surface area contributed by atoms with Gasteiger partial charge in [-0.3, -0.25) is 0 Å². The summed E-state index contributed by atoms with van der Waals surface area (Å²) in [6, 6.07) is 4.91. The number of carbonyl (C=O) groups excluding carboxylic acids is 1. The highest BCUT2D eigenvalue weighted by atomic mass is 35.5. The van der Waals surface area contributed by atoms with E-state index in [-0.39, 0.29) is 0 Å². The molecule has 1 aliphatic heterocycles. The number of carboxylic acids is 1. The predicted molar refractivity (Wildman–Crippen MR) is 81.8 cm³/mol. The highest BCUT2D eigenvalue weighted by molar-refractivity contribution is 6.33. The molecule has 114 valence electrons. The zero-order valence-electron chi connectivity index (χ0n) is 12.1. The number of aliphatic carboxylic acids is 1. The molecule has 0 aromatic heterocycles. The standard InChI is InChI=1S/C15H19ClN2O3/c1-10-6-5-7-11(16)12(10)17-14(21)18-9-4-3-8-15(18,2)13(19)20/h5-7H,3-4,8-9H2,1-2H3,(H,17,21)(H,19,20). The van der Waals surface area contributed by atoms with Crippen molar-refractivity contribution < 1.29 is 14.7 Å². The average molecular weight is 311 g/mol. The fourth-order valence-electron chi connectivity index (χ4n) is 2.63. The van der Waals surface area contributed by atoms with Crippen LogP contribution in [0, 0.1) is 6.92 Å². The van der Waals surface area contributed by atoms with Crippen molar-refractivity contribution in [3.8, 4) is 0 Å². The van der Waals surface area contributed by atoms with Crippen molar-refractivity contribution in [1.29, 1.82) is 0 Å². The normalized spacial score (nSPS) is 22.0. The number of hydrogen-bond donors (Lipinski definition) is 2. The topological polar surface area (TPSA) is 69.6 Å². The molecule has 1 atom stereocenters. The first-order valence-electron chi connectivity index (χ1n) is 6.93. The van der Waals surface area contributed by atoms with E-state index < -0.39 is 17.5 Å². The van der Waals surface area contributed by atoms with Crippen LogP contribution in [0.25, 0.3) is 0 Å². The molecule has 21 heavy (non-hydrogen) atoms. The molecule has 2 rings (SSSR count). The Balaban J connectivity index is 2.24. The number of carboxylic acid groups (broad SMARTS) is 1. The van der Waals surface area contributed by atoms with Crippen LogP contribution in [0.15, 0.2) is 18.2 Å². The van der Waals surface area contributed by atoms with Gasteiger partial charge in [0, 0.05) is 6.54 Å². The van der Waals surface area contributed by atoms with Gasteiger partial charge in [-0.25, -0.2) is 9.59 Å². The van der Waals surface area contributed by atoms with Crippen LogP contribution >= 0.6 is 11.6 Å². The minimum absolute atomic E-state index is 0.421. The third-order valence-corrected chi connectivity index (χ3v) is 4.37. The van der Waals surface area contributed by atoms with E-state index in [1.165, 1.54) is 4.90 Å². The third-order valence-electron chi connectivity index (χ3n) is 4.05. The third kappa shape index (κ3) is 2.97. The van der Waals surface area contributed by atoms with E-state index in [4.69, 9.17) is 11.6 Å². The van der Waals surface area contributed by atoms with Gasteiger partial charge < -0.3 is 15.3 Å². The average Bonchev–Trinajstić information content (AvgIpc) is 2.43. The van der Waals surface area contributed by atoms with Crippen molar-refractivity contribution in [2.45, 2.75) is 38.6 Å². The Hall–Kier alpha value is -1.75. The van der Waals surface area contributed by atoms with E-state index in [2.05, 4.69) is 5.32 Å². The van der Waals surface area contributed by atoms with Crippen molar-refractivity contribution in [1.82, 2.24) is 4.90 Å². The molecule has 0 bridgehead atoms. The summed E-state index contributed by atoms with van der Waals surface area (Å²) < 4.78 is 0. The summed E-state index contributed by atoms with van der Waals surface area (Å²) in [7, 11) is 0. The number of hydrogen-bond acceptors (Lipinski definition) is 2. The molecule has 1 saturated heterocycles. The summed E-state index contributed by atoms with van der Waals surface area (Å²) >= 11 is 6.10. The Labute approximate surface area is 128 Å². The largest absolute Gasteiger partial charge is 0.480 e. The van der Waals surface area contributed by atoms with Crippen molar-refractivity contribution >= 4 is 29.3 Å². The number of aryl methyl sites for hydroxylation is 1. The van der Waals surface area contributed by atoms with Crippen LogP contribution < -0.4 is 5.32 Å². The minimum atomic E-state index is -1.17. The van der Waals surface area contributed by atoms with Gasteiger partial charge in [0.2, 0.25) is 0 Å². The first-order valence-corrected chi connectivity index (χ1v) is 7.31. The monoisotopic (exact) mass is 310 g/mol. The summed E-state index contributed by atoms with van der Waals surface area (Å²) in [5.74, 6) is -0.978. The molecule has 1 unspecified atom stereocenters. The molecule has 5 nitrogen and oxygen atoms in total. The SMILES string of the molecule is Cc1cccc(Cl)c1NC(=O)N1CCCCC1(C)C(=O)O. The number of nitrogens with one attached hydrogen (secondary N) is 1. The molecule has 1 aromatic carbocycles. The number of carbonyl (C=O) groups is 2. The number of rotatable bonds is 2. The summed E-state index contributed by atoms with van der Waals surface area (Å²) in [6.45, 7) is 3.86. The van der Waals surface area contributed by atoms with Crippen LogP contribution in [0.2, 0.25) is 5.02 Å². The van der Waals surface area contributed by atoms with Crippen LogP contribution in [0.1, 0.15) is 31.7 Å². The van der Waals surface area contributed by atoms with Crippen molar-refractivity contribution in [3.63, 3.8) is 0 Å². The fourth-order valence-corrected chi connectivity index (χ4v) is 2.90. The number of amides is 2. The lowest BCUT2D eigenvalue weighted by atomic mass is 9.89. The molecule has 0 aliphatic carbocycles. The number of piperidine rings is 1. The summed E-state index contributed by atoms with van der Waals surface area (Å²) in [5.41, 5.74) is 0.199. The number of benzene rings is 1. The fraction of sp³-hybridized carbons (Fsp3) is 0.467. The maximum atomic E-state index is 12.5. The van der Waals surface area contributed by atoms with Gasteiger partial charge in [0.25, 0.3) is 0 Å². The lowest BCUT2D eigenvalue weighted by molar-refractivity contribution is -0.150. The van der Waals surface area contributed by atoms with Gasteiger partial charge >= 0.3 is 12.0 Å². The van der Waals surface area contributed by atoms with Crippen molar-refractivity contribution in [3.05, 3.63) is 28.8 Å². The molecule has 0 spiro atoms. The van der Waals surface area contributed by atoms with Gasteiger partial charge in [-0.15, -0.1) is 0 Å². The summed E-state index contributed by atoms with van der Waals surface area (Å²) in [6.07, 6.45) is 2.06. The number of halogens is 1. The molecule has 2 amide bonds. The number of nitrogens with zero attached hydrogens (tertiary/aromatic N) is 1. The molecule has 0 saturated carbocycles. The molecular weight excluding hydrogens is 292 g/mol. The summed E-state index contributed by atoms with van der Waals surface area (Å²) in [5, 5.41) is 12.6. The second-order valence-corrected chi connectivity index (χ2v) is 5.96. The van der Waals surface area contributed by atoms with Crippen LogP contribution in [0.3, 0.4) is 0 Å². The Bertz CT molecular complexity index is 556. The van der Waals surface area contributed by atoms with Gasteiger partial charge in [-0.1, -0.05) is 23.7 Å². The lowest BCUT2D eigenvalue weighted by Gasteiger charge is -2.41. The van der Waals surface area contributed by atoms with Gasteiger partial charge in [0.1, 0.15) is 5.54 Å². The van der Waals surface area contributed by atoms with Gasteiger partial charge in [0.15, 0.2) is 0 Å². The number of para-hydroxylation sites is 1. The predicted octanol–water partition coefficient (Wildman–Crippen LogP) is 3.51. The van der Waals surface area contributed by atoms with Crippen LogP contribution in [-0.4, -0.2) is 34.1 Å².